The van der Waals surface area contributed by atoms with E-state index in [0.717, 1.165) is 56.8 Å². The molecule has 7 nitrogen and oxygen atoms in total. The van der Waals surface area contributed by atoms with Crippen molar-refractivity contribution >= 4 is 29.9 Å². The van der Waals surface area contributed by atoms with Crippen LogP contribution in [-0.2, 0) is 11.3 Å². The van der Waals surface area contributed by atoms with Gasteiger partial charge in [-0.1, -0.05) is 0 Å². The van der Waals surface area contributed by atoms with Crippen molar-refractivity contribution in [3.63, 3.8) is 0 Å². The molecule has 0 unspecified atom stereocenters. The van der Waals surface area contributed by atoms with Gasteiger partial charge in [0.25, 0.3) is 0 Å². The van der Waals surface area contributed by atoms with Gasteiger partial charge in [-0.15, -0.1) is 24.0 Å². The molecule has 2 heterocycles. The zero-order valence-corrected chi connectivity index (χ0v) is 18.3. The molecule has 144 valence electrons. The van der Waals surface area contributed by atoms with Crippen LogP contribution < -0.4 is 10.6 Å². The summed E-state index contributed by atoms with van der Waals surface area (Å²) in [6.07, 6.45) is 0. The van der Waals surface area contributed by atoms with E-state index in [1.54, 1.807) is 0 Å². The molecule has 2 N–H and O–H groups in total. The van der Waals surface area contributed by atoms with Gasteiger partial charge < -0.3 is 19.8 Å². The lowest BCUT2D eigenvalue weighted by Crippen LogP contribution is -2.56. The summed E-state index contributed by atoms with van der Waals surface area (Å²) in [5, 5.41) is 6.71. The topological polar surface area (TPSA) is 74.9 Å². The maximum absolute atomic E-state index is 5.59. The van der Waals surface area contributed by atoms with Gasteiger partial charge >= 0.3 is 0 Å². The highest BCUT2D eigenvalue weighted by molar-refractivity contribution is 14.0. The van der Waals surface area contributed by atoms with Crippen LogP contribution in [-0.4, -0.2) is 60.8 Å². The SMILES string of the molecule is CCNC(=NCc1nc(C)c(C)o1)NCC(C)(C)N1CCOCC1.I. The Balaban J connectivity index is 0.00000312. The third kappa shape index (κ3) is 6.74. The number of nitrogens with zero attached hydrogens (tertiary/aromatic N) is 3. The normalized spacial score (nSPS) is 16.4. The second-order valence-corrected chi connectivity index (χ2v) is 6.71. The summed E-state index contributed by atoms with van der Waals surface area (Å²) in [5.41, 5.74) is 0.961. The van der Waals surface area contributed by atoms with Crippen molar-refractivity contribution in [2.24, 2.45) is 4.99 Å². The number of aliphatic imine (C=N–C) groups is 1. The molecule has 1 aliphatic rings. The van der Waals surface area contributed by atoms with Crippen LogP contribution in [0.3, 0.4) is 0 Å². The maximum Gasteiger partial charge on any atom is 0.216 e. The average molecular weight is 465 g/mol. The van der Waals surface area contributed by atoms with Crippen molar-refractivity contribution in [2.45, 2.75) is 46.7 Å². The van der Waals surface area contributed by atoms with Gasteiger partial charge in [0, 0.05) is 31.7 Å². The number of ether oxygens (including phenoxy) is 1. The van der Waals surface area contributed by atoms with E-state index in [2.05, 4.69) is 46.3 Å². The fraction of sp³-hybridized carbons (Fsp3) is 0.765. The molecule has 0 saturated carbocycles. The molecule has 8 heteroatoms. The maximum atomic E-state index is 5.59. The number of aryl methyl sites for hydroxylation is 2. The van der Waals surface area contributed by atoms with Crippen LogP contribution in [0.1, 0.15) is 38.1 Å². The van der Waals surface area contributed by atoms with Gasteiger partial charge in [0.1, 0.15) is 12.3 Å². The smallest absolute Gasteiger partial charge is 0.216 e. The van der Waals surface area contributed by atoms with E-state index in [0.29, 0.717) is 12.4 Å². The molecular formula is C17H32IN5O2. The number of morpholine rings is 1. The number of guanidine groups is 1. The molecule has 0 aromatic carbocycles. The first kappa shape index (κ1) is 22.2. The molecule has 0 atom stereocenters. The van der Waals surface area contributed by atoms with Crippen LogP contribution in [0.4, 0.5) is 0 Å². The first-order valence-corrected chi connectivity index (χ1v) is 8.70. The van der Waals surface area contributed by atoms with Crippen molar-refractivity contribution in [3.8, 4) is 0 Å². The van der Waals surface area contributed by atoms with Gasteiger partial charge in [-0.25, -0.2) is 9.98 Å². The molecule has 0 radical (unpaired) electrons. The third-order valence-electron chi connectivity index (χ3n) is 4.35. The second kappa shape index (κ2) is 10.3. The highest BCUT2D eigenvalue weighted by atomic mass is 127. The predicted molar refractivity (Wildman–Crippen MR) is 111 cm³/mol. The number of hydrogen-bond donors (Lipinski definition) is 2. The standard InChI is InChI=1S/C17H31N5O2.HI/c1-6-18-16(19-11-15-21-13(2)14(3)24-15)20-12-17(4,5)22-7-9-23-10-8-22;/h6-12H2,1-5H3,(H2,18,19,20);1H. The Hall–Kier alpha value is -0.870. The Morgan fingerprint density at radius 3 is 2.48 bits per heavy atom. The molecule has 1 aliphatic heterocycles. The third-order valence-corrected chi connectivity index (χ3v) is 4.35. The zero-order chi connectivity index (χ0) is 17.6. The molecule has 0 amide bonds. The molecule has 1 saturated heterocycles. The van der Waals surface area contributed by atoms with Crippen LogP contribution >= 0.6 is 24.0 Å². The molecule has 1 fully saturated rings. The van der Waals surface area contributed by atoms with Gasteiger partial charge in [0.15, 0.2) is 5.96 Å². The van der Waals surface area contributed by atoms with E-state index in [-0.39, 0.29) is 29.5 Å². The lowest BCUT2D eigenvalue weighted by Gasteiger charge is -2.41. The molecule has 2 rings (SSSR count). The summed E-state index contributed by atoms with van der Waals surface area (Å²) in [6, 6.07) is 0. The minimum absolute atomic E-state index is 0. The van der Waals surface area contributed by atoms with Crippen molar-refractivity contribution in [2.75, 3.05) is 39.4 Å². The quantitative estimate of drug-likeness (QED) is 0.381. The number of aromatic nitrogens is 1. The van der Waals surface area contributed by atoms with Gasteiger partial charge in [0.2, 0.25) is 5.89 Å². The number of oxazole rings is 1. The summed E-state index contributed by atoms with van der Waals surface area (Å²) >= 11 is 0. The monoisotopic (exact) mass is 465 g/mol. The van der Waals surface area contributed by atoms with Gasteiger partial charge in [-0.3, -0.25) is 4.90 Å². The highest BCUT2D eigenvalue weighted by Gasteiger charge is 2.28. The minimum Gasteiger partial charge on any atom is -0.444 e. The Bertz CT molecular complexity index is 534. The largest absolute Gasteiger partial charge is 0.444 e. The van der Waals surface area contributed by atoms with E-state index in [1.807, 2.05) is 13.8 Å². The van der Waals surface area contributed by atoms with Crippen LogP contribution in [0.15, 0.2) is 9.41 Å². The summed E-state index contributed by atoms with van der Waals surface area (Å²) in [7, 11) is 0. The number of rotatable bonds is 6. The Morgan fingerprint density at radius 1 is 1.24 bits per heavy atom. The summed E-state index contributed by atoms with van der Waals surface area (Å²) in [4.78, 5) is 11.4. The van der Waals surface area contributed by atoms with Crippen molar-refractivity contribution in [1.29, 1.82) is 0 Å². The predicted octanol–water partition coefficient (Wildman–Crippen LogP) is 2.08. The molecule has 1 aromatic rings. The van der Waals surface area contributed by atoms with Gasteiger partial charge in [0.05, 0.1) is 18.9 Å². The van der Waals surface area contributed by atoms with E-state index in [1.165, 1.54) is 0 Å². The van der Waals surface area contributed by atoms with Crippen molar-refractivity contribution in [3.05, 3.63) is 17.3 Å². The molecule has 0 bridgehead atoms. The molecule has 25 heavy (non-hydrogen) atoms. The van der Waals surface area contributed by atoms with Crippen molar-refractivity contribution in [1.82, 2.24) is 20.5 Å². The number of hydrogen-bond acceptors (Lipinski definition) is 5. The van der Waals surface area contributed by atoms with Gasteiger partial charge in [-0.05, 0) is 34.6 Å². The Kier molecular flexibility index (Phi) is 9.15. The van der Waals surface area contributed by atoms with E-state index in [4.69, 9.17) is 9.15 Å². The van der Waals surface area contributed by atoms with Crippen LogP contribution in [0.25, 0.3) is 0 Å². The summed E-state index contributed by atoms with van der Waals surface area (Å²) < 4.78 is 11.0. The fourth-order valence-electron chi connectivity index (χ4n) is 2.68. The fourth-order valence-corrected chi connectivity index (χ4v) is 2.68. The van der Waals surface area contributed by atoms with Crippen molar-refractivity contribution < 1.29 is 9.15 Å². The second-order valence-electron chi connectivity index (χ2n) is 6.71. The Labute approximate surface area is 168 Å². The van der Waals surface area contributed by atoms with E-state index < -0.39 is 0 Å². The molecule has 1 aromatic heterocycles. The average Bonchev–Trinajstić information content (AvgIpc) is 2.89. The summed E-state index contributed by atoms with van der Waals surface area (Å²) in [6.45, 7) is 16.0. The first-order valence-electron chi connectivity index (χ1n) is 8.70. The zero-order valence-electron chi connectivity index (χ0n) is 16.0. The minimum atomic E-state index is 0. The number of halogens is 1. The lowest BCUT2D eigenvalue weighted by atomic mass is 10.0. The highest BCUT2D eigenvalue weighted by Crippen LogP contribution is 2.15. The Morgan fingerprint density at radius 2 is 1.92 bits per heavy atom. The van der Waals surface area contributed by atoms with Gasteiger partial charge in [-0.2, -0.15) is 0 Å². The molecular weight excluding hydrogens is 433 g/mol. The van der Waals surface area contributed by atoms with Crippen LogP contribution in [0, 0.1) is 13.8 Å². The summed E-state index contributed by atoms with van der Waals surface area (Å²) in [5.74, 6) is 2.29. The number of nitrogens with one attached hydrogen (secondary N) is 2. The van der Waals surface area contributed by atoms with Crippen LogP contribution in [0.2, 0.25) is 0 Å². The van der Waals surface area contributed by atoms with Crippen LogP contribution in [0.5, 0.6) is 0 Å². The first-order chi connectivity index (χ1) is 11.4. The molecule has 0 spiro atoms. The lowest BCUT2D eigenvalue weighted by molar-refractivity contribution is -0.00834. The van der Waals surface area contributed by atoms with E-state index >= 15 is 0 Å². The van der Waals surface area contributed by atoms with E-state index in [9.17, 15) is 0 Å². The molecule has 0 aliphatic carbocycles.